The van der Waals surface area contributed by atoms with Crippen molar-refractivity contribution in [1.82, 2.24) is 40.0 Å². The van der Waals surface area contributed by atoms with Crippen LogP contribution >= 0.6 is 11.6 Å². The Morgan fingerprint density at radius 1 is 0.969 bits per heavy atom. The standard InChI is InChI=1S/C45H46ClF4N11O4/c1-51-34-18-38(56-61-37(22-54-39(34)61)40(63)55-29-19-44(47,48)20-29)59-14-11-31-30(5-3-6-35(31)59)33-10-7-27(21-53-33)23-57-24-43(25-57)12-15-58(26-45(43,49)50)41(64)28-8-9-32(46)36(17-28)60(13-4-16-62)42(65)52-2/h3,5-10,16-18,21-22,29,51H,4,11-15,19-20,23-26H2,1-2H3,(H,52,65)(H,55,63). The maximum Gasteiger partial charge on any atom is 0.321 e. The molecule has 1 aliphatic carbocycles. The number of hydrogen-bond donors (Lipinski definition) is 3. The summed E-state index contributed by atoms with van der Waals surface area (Å²) in [7, 11) is 3.16. The van der Waals surface area contributed by atoms with E-state index in [0.29, 0.717) is 42.9 Å². The fourth-order valence-electron chi connectivity index (χ4n) is 9.48. The number of benzene rings is 2. The van der Waals surface area contributed by atoms with Gasteiger partial charge in [-0.1, -0.05) is 29.8 Å². The van der Waals surface area contributed by atoms with Gasteiger partial charge in [0, 0.05) is 108 Å². The molecule has 2 aromatic carbocycles. The molecule has 15 nitrogen and oxygen atoms in total. The highest BCUT2D eigenvalue weighted by atomic mass is 35.5. The van der Waals surface area contributed by atoms with Crippen molar-refractivity contribution in [2.45, 2.75) is 56.5 Å². The topological polar surface area (TPSA) is 160 Å². The number of carbonyl (C=O) groups is 4. The second-order valence-electron chi connectivity index (χ2n) is 17.2. The molecule has 340 valence electrons. The van der Waals surface area contributed by atoms with Crippen LogP contribution in [0.5, 0.6) is 0 Å². The summed E-state index contributed by atoms with van der Waals surface area (Å²) >= 11 is 6.38. The number of piperidine rings is 1. The summed E-state index contributed by atoms with van der Waals surface area (Å²) < 4.78 is 60.4. The smallest absolute Gasteiger partial charge is 0.321 e. The van der Waals surface area contributed by atoms with Crippen LogP contribution in [0.25, 0.3) is 16.9 Å². The van der Waals surface area contributed by atoms with Crippen LogP contribution in [-0.2, 0) is 17.8 Å². The Balaban J connectivity index is 0.843. The van der Waals surface area contributed by atoms with Gasteiger partial charge in [0.2, 0.25) is 0 Å². The van der Waals surface area contributed by atoms with E-state index in [1.165, 1.54) is 40.9 Å². The molecule has 0 atom stereocenters. The van der Waals surface area contributed by atoms with E-state index in [1.54, 1.807) is 13.2 Å². The first kappa shape index (κ1) is 43.9. The SMILES string of the molecule is CNC(=O)N(CCC=O)c1cc(C(=O)N2CCC3(CN(Cc4ccc(-c5cccc6c5CCN6c5cc(NC)c6ncc(C(=O)NC7CC(F)(F)C7)n6n5)nc4)C3)C(F)(F)C2)ccc1Cl. The number of nitrogens with one attached hydrogen (secondary N) is 3. The van der Waals surface area contributed by atoms with Crippen LogP contribution in [0, 0.1) is 5.41 Å². The lowest BCUT2D eigenvalue weighted by Gasteiger charge is -2.57. The molecule has 3 N–H and O–H groups in total. The highest BCUT2D eigenvalue weighted by Crippen LogP contribution is 2.51. The number of rotatable bonds is 12. The minimum absolute atomic E-state index is 0.0175. The highest BCUT2D eigenvalue weighted by Gasteiger charge is 2.62. The normalized spacial score (nSPS) is 18.4. The van der Waals surface area contributed by atoms with E-state index in [-0.39, 0.29) is 61.0 Å². The summed E-state index contributed by atoms with van der Waals surface area (Å²) in [6, 6.07) is 14.8. The molecule has 3 aromatic heterocycles. The Labute approximate surface area is 376 Å². The summed E-state index contributed by atoms with van der Waals surface area (Å²) in [5, 5.41) is 13.2. The van der Waals surface area contributed by atoms with Crippen molar-refractivity contribution in [3.05, 3.63) is 94.4 Å². The molecule has 6 heterocycles. The van der Waals surface area contributed by atoms with Crippen molar-refractivity contribution >= 4 is 64.3 Å². The van der Waals surface area contributed by atoms with Gasteiger partial charge in [-0.25, -0.2) is 31.9 Å². The number of hydrogen-bond acceptors (Lipinski definition) is 10. The predicted molar refractivity (Wildman–Crippen MR) is 235 cm³/mol. The molecule has 0 bridgehead atoms. The number of halogens is 5. The second kappa shape index (κ2) is 16.9. The van der Waals surface area contributed by atoms with Crippen molar-refractivity contribution in [2.75, 3.05) is 68.5 Å². The maximum absolute atomic E-state index is 16.0. The number of nitrogens with zero attached hydrogens (tertiary/aromatic N) is 8. The third-order valence-corrected chi connectivity index (χ3v) is 13.3. The van der Waals surface area contributed by atoms with Gasteiger partial charge in [-0.05, 0) is 54.3 Å². The number of alkyl halides is 4. The molecule has 9 rings (SSSR count). The van der Waals surface area contributed by atoms with Gasteiger partial charge in [0.1, 0.15) is 6.29 Å². The first-order chi connectivity index (χ1) is 31.1. The molecule has 3 fully saturated rings. The molecule has 20 heteroatoms. The molecule has 0 unspecified atom stereocenters. The van der Waals surface area contributed by atoms with Crippen LogP contribution in [-0.4, -0.2) is 125 Å². The van der Waals surface area contributed by atoms with Gasteiger partial charge in [0.05, 0.1) is 40.2 Å². The number of urea groups is 1. The highest BCUT2D eigenvalue weighted by molar-refractivity contribution is 6.34. The van der Waals surface area contributed by atoms with E-state index in [1.807, 2.05) is 46.2 Å². The third-order valence-electron chi connectivity index (χ3n) is 13.0. The van der Waals surface area contributed by atoms with Crippen LogP contribution < -0.4 is 25.8 Å². The number of pyridine rings is 1. The fraction of sp³-hybridized carbons (Fsp3) is 0.400. The predicted octanol–water partition coefficient (Wildman–Crippen LogP) is 6.43. The van der Waals surface area contributed by atoms with Gasteiger partial charge >= 0.3 is 6.03 Å². The molecular formula is C45H46ClF4N11O4. The second-order valence-corrected chi connectivity index (χ2v) is 17.6. The largest absolute Gasteiger partial charge is 0.385 e. The Morgan fingerprint density at radius 2 is 1.77 bits per heavy atom. The van der Waals surface area contributed by atoms with E-state index in [4.69, 9.17) is 21.7 Å². The third kappa shape index (κ3) is 8.08. The number of carbonyl (C=O) groups excluding carboxylic acids is 4. The quantitative estimate of drug-likeness (QED) is 0.0941. The number of amides is 4. The molecule has 1 saturated carbocycles. The maximum atomic E-state index is 16.0. The lowest BCUT2D eigenvalue weighted by Crippen LogP contribution is -2.70. The number of aromatic nitrogens is 4. The monoisotopic (exact) mass is 915 g/mol. The van der Waals surface area contributed by atoms with Crippen LogP contribution in [0.1, 0.15) is 57.7 Å². The molecule has 0 radical (unpaired) electrons. The molecule has 3 aliphatic heterocycles. The van der Waals surface area contributed by atoms with E-state index in [2.05, 4.69) is 20.9 Å². The Hall–Kier alpha value is -6.34. The Bertz CT molecular complexity index is 2690. The minimum Gasteiger partial charge on any atom is -0.385 e. The zero-order valence-electron chi connectivity index (χ0n) is 35.6. The lowest BCUT2D eigenvalue weighted by atomic mass is 9.69. The van der Waals surface area contributed by atoms with E-state index in [9.17, 15) is 28.0 Å². The lowest BCUT2D eigenvalue weighted by molar-refractivity contribution is -0.220. The van der Waals surface area contributed by atoms with Gasteiger partial charge in [-0.15, -0.1) is 5.10 Å². The summed E-state index contributed by atoms with van der Waals surface area (Å²) in [5.74, 6) is -6.49. The molecule has 65 heavy (non-hydrogen) atoms. The molecule has 2 saturated heterocycles. The average Bonchev–Trinajstić information content (AvgIpc) is 3.91. The van der Waals surface area contributed by atoms with Gasteiger partial charge in [0.25, 0.3) is 23.7 Å². The average molecular weight is 916 g/mol. The Morgan fingerprint density at radius 3 is 2.46 bits per heavy atom. The molecular weight excluding hydrogens is 870 g/mol. The molecule has 4 aliphatic rings. The first-order valence-electron chi connectivity index (χ1n) is 21.3. The summed E-state index contributed by atoms with van der Waals surface area (Å²) in [6.07, 6.45) is 3.83. The van der Waals surface area contributed by atoms with Crippen molar-refractivity contribution in [1.29, 1.82) is 0 Å². The van der Waals surface area contributed by atoms with Gasteiger partial charge < -0.3 is 30.5 Å². The van der Waals surface area contributed by atoms with E-state index >= 15 is 8.78 Å². The van der Waals surface area contributed by atoms with Crippen LogP contribution in [0.3, 0.4) is 0 Å². The summed E-state index contributed by atoms with van der Waals surface area (Å²) in [5.41, 5.74) is 4.75. The zero-order valence-corrected chi connectivity index (χ0v) is 36.3. The zero-order chi connectivity index (χ0) is 45.8. The molecule has 4 amide bonds. The van der Waals surface area contributed by atoms with Crippen LogP contribution in [0.4, 0.5) is 45.2 Å². The summed E-state index contributed by atoms with van der Waals surface area (Å²) in [4.78, 5) is 65.9. The van der Waals surface area contributed by atoms with Crippen molar-refractivity contribution in [2.24, 2.45) is 5.41 Å². The number of imidazole rings is 1. The van der Waals surface area contributed by atoms with Crippen LogP contribution in [0.15, 0.2) is 67.0 Å². The number of aldehydes is 1. The fourth-order valence-corrected chi connectivity index (χ4v) is 9.70. The first-order valence-corrected chi connectivity index (χ1v) is 21.7. The van der Waals surface area contributed by atoms with Gasteiger partial charge in [-0.2, -0.15) is 0 Å². The van der Waals surface area contributed by atoms with Crippen LogP contribution in [0.2, 0.25) is 5.02 Å². The van der Waals surface area contributed by atoms with Gasteiger partial charge in [-0.3, -0.25) is 24.4 Å². The van der Waals surface area contributed by atoms with Crippen molar-refractivity contribution < 1.29 is 36.7 Å². The molecule has 1 spiro atoms. The number of anilines is 4. The molecule has 5 aromatic rings. The van der Waals surface area contributed by atoms with Crippen molar-refractivity contribution in [3.63, 3.8) is 0 Å². The number of fused-ring (bicyclic) bond motifs is 2. The minimum atomic E-state index is -3.15. The van der Waals surface area contributed by atoms with E-state index < -0.39 is 60.5 Å². The Kier molecular flexibility index (Phi) is 11.4. The number of likely N-dealkylation sites (tertiary alicyclic amines) is 2. The summed E-state index contributed by atoms with van der Waals surface area (Å²) in [6.45, 7) is 0.751. The van der Waals surface area contributed by atoms with Gasteiger partial charge in [0.15, 0.2) is 17.2 Å². The van der Waals surface area contributed by atoms with E-state index in [0.717, 1.165) is 33.0 Å². The van der Waals surface area contributed by atoms with Crippen molar-refractivity contribution in [3.8, 4) is 11.3 Å².